The van der Waals surface area contributed by atoms with Crippen molar-refractivity contribution < 1.29 is 9.72 Å². The third-order valence-corrected chi connectivity index (χ3v) is 5.37. The van der Waals surface area contributed by atoms with Crippen LogP contribution in [-0.2, 0) is 0 Å². The molecule has 1 fully saturated rings. The molecule has 1 aliphatic rings. The number of carbonyl (C=O) groups is 1. The van der Waals surface area contributed by atoms with Crippen molar-refractivity contribution in [2.24, 2.45) is 0 Å². The van der Waals surface area contributed by atoms with Gasteiger partial charge in [0.1, 0.15) is 0 Å². The van der Waals surface area contributed by atoms with Crippen molar-refractivity contribution in [2.45, 2.75) is 0 Å². The maximum Gasteiger partial charge on any atom is 0.321 e. The van der Waals surface area contributed by atoms with Gasteiger partial charge in [-0.25, -0.2) is 4.79 Å². The van der Waals surface area contributed by atoms with Gasteiger partial charge in [-0.15, -0.1) is 0 Å². The Morgan fingerprint density at radius 3 is 2.55 bits per heavy atom. The summed E-state index contributed by atoms with van der Waals surface area (Å²) in [5.74, 6) is 0.470. The fourth-order valence-electron chi connectivity index (χ4n) is 3.04. The van der Waals surface area contributed by atoms with Crippen LogP contribution in [0.5, 0.6) is 0 Å². The van der Waals surface area contributed by atoms with Crippen LogP contribution in [0.25, 0.3) is 11.4 Å². The zero-order valence-electron chi connectivity index (χ0n) is 15.4. The molecule has 0 atom stereocenters. The number of anilines is 2. The summed E-state index contributed by atoms with van der Waals surface area (Å²) in [6.07, 6.45) is 0. The normalized spacial score (nSPS) is 13.9. The molecule has 0 saturated carbocycles. The third kappa shape index (κ3) is 4.32. The third-order valence-electron chi connectivity index (χ3n) is 4.59. The monoisotopic (exact) mass is 410 g/mol. The van der Waals surface area contributed by atoms with Gasteiger partial charge in [-0.3, -0.25) is 10.1 Å². The van der Waals surface area contributed by atoms with Gasteiger partial charge in [0.05, 0.1) is 4.92 Å². The topological polar surface area (TPSA) is 105 Å². The van der Waals surface area contributed by atoms with Crippen LogP contribution in [0.15, 0.2) is 54.6 Å². The SMILES string of the molecule is O=C(Nc1ccccc1)N1CCN(c2nc(-c3cccc([N+](=O)[O-])c3)ns2)CC1. The number of amides is 2. The fourth-order valence-corrected chi connectivity index (χ4v) is 3.78. The lowest BCUT2D eigenvalue weighted by Crippen LogP contribution is -2.50. The van der Waals surface area contributed by atoms with Crippen molar-refractivity contribution in [3.8, 4) is 11.4 Å². The number of urea groups is 1. The summed E-state index contributed by atoms with van der Waals surface area (Å²) in [6, 6.07) is 15.5. The number of rotatable bonds is 4. The van der Waals surface area contributed by atoms with Gasteiger partial charge in [0.15, 0.2) is 5.82 Å². The quantitative estimate of drug-likeness (QED) is 0.522. The highest BCUT2D eigenvalue weighted by Crippen LogP contribution is 2.27. The van der Waals surface area contributed by atoms with Crippen LogP contribution in [0.4, 0.5) is 21.3 Å². The molecular weight excluding hydrogens is 392 g/mol. The molecular formula is C19H18N6O3S. The molecule has 1 N–H and O–H groups in total. The van der Waals surface area contributed by atoms with Crippen LogP contribution in [0.2, 0.25) is 0 Å². The first-order valence-corrected chi connectivity index (χ1v) is 9.82. The second-order valence-corrected chi connectivity index (χ2v) is 7.21. The molecule has 1 aromatic heterocycles. The van der Waals surface area contributed by atoms with Gasteiger partial charge in [-0.1, -0.05) is 30.3 Å². The molecule has 10 heteroatoms. The van der Waals surface area contributed by atoms with Crippen molar-refractivity contribution in [1.29, 1.82) is 0 Å². The lowest BCUT2D eigenvalue weighted by molar-refractivity contribution is -0.384. The minimum absolute atomic E-state index is 0.0110. The van der Waals surface area contributed by atoms with Crippen molar-refractivity contribution >= 4 is 34.1 Å². The summed E-state index contributed by atoms with van der Waals surface area (Å²) in [5.41, 5.74) is 1.39. The van der Waals surface area contributed by atoms with E-state index < -0.39 is 4.92 Å². The van der Waals surface area contributed by atoms with Crippen LogP contribution in [0, 0.1) is 10.1 Å². The van der Waals surface area contributed by atoms with E-state index in [1.54, 1.807) is 17.0 Å². The lowest BCUT2D eigenvalue weighted by atomic mass is 10.2. The van der Waals surface area contributed by atoms with E-state index in [1.807, 2.05) is 30.3 Å². The molecule has 1 saturated heterocycles. The summed E-state index contributed by atoms with van der Waals surface area (Å²) in [5, 5.41) is 14.6. The Balaban J connectivity index is 1.38. The van der Waals surface area contributed by atoms with E-state index in [1.165, 1.54) is 23.7 Å². The molecule has 4 rings (SSSR count). The Morgan fingerprint density at radius 2 is 1.83 bits per heavy atom. The summed E-state index contributed by atoms with van der Waals surface area (Å²) >= 11 is 1.25. The van der Waals surface area contributed by atoms with Crippen molar-refractivity contribution in [2.75, 3.05) is 36.4 Å². The second kappa shape index (κ2) is 8.23. The van der Waals surface area contributed by atoms with E-state index in [0.717, 1.165) is 10.8 Å². The van der Waals surface area contributed by atoms with E-state index in [2.05, 4.69) is 19.6 Å². The molecule has 2 heterocycles. The minimum atomic E-state index is -0.434. The molecule has 3 aromatic rings. The van der Waals surface area contributed by atoms with Gasteiger partial charge in [-0.2, -0.15) is 9.36 Å². The number of carbonyl (C=O) groups excluding carboxylic acids is 1. The maximum atomic E-state index is 12.4. The summed E-state index contributed by atoms with van der Waals surface area (Å²) < 4.78 is 4.35. The highest BCUT2D eigenvalue weighted by molar-refractivity contribution is 7.09. The van der Waals surface area contributed by atoms with Crippen LogP contribution in [-0.4, -0.2) is 51.4 Å². The number of aromatic nitrogens is 2. The predicted molar refractivity (Wildman–Crippen MR) is 111 cm³/mol. The number of nitrogens with one attached hydrogen (secondary N) is 1. The average Bonchev–Trinajstić information content (AvgIpc) is 3.25. The molecule has 29 heavy (non-hydrogen) atoms. The predicted octanol–water partition coefficient (Wildman–Crippen LogP) is 3.47. The molecule has 0 unspecified atom stereocenters. The van der Waals surface area contributed by atoms with Gasteiger partial charge in [0.2, 0.25) is 5.13 Å². The van der Waals surface area contributed by atoms with E-state index >= 15 is 0 Å². The first kappa shape index (κ1) is 18.8. The van der Waals surface area contributed by atoms with E-state index in [9.17, 15) is 14.9 Å². The number of nitrogens with zero attached hydrogens (tertiary/aromatic N) is 5. The second-order valence-electron chi connectivity index (χ2n) is 6.48. The minimum Gasteiger partial charge on any atom is -0.343 e. The Morgan fingerprint density at radius 1 is 1.07 bits per heavy atom. The highest BCUT2D eigenvalue weighted by Gasteiger charge is 2.23. The number of para-hydroxylation sites is 1. The number of hydrogen-bond donors (Lipinski definition) is 1. The fraction of sp³-hybridized carbons (Fsp3) is 0.211. The Hall–Kier alpha value is -3.53. The summed E-state index contributed by atoms with van der Waals surface area (Å²) in [4.78, 5) is 31.3. The first-order valence-electron chi connectivity index (χ1n) is 9.04. The lowest BCUT2D eigenvalue weighted by Gasteiger charge is -2.34. The Bertz CT molecular complexity index is 1020. The van der Waals surface area contributed by atoms with Crippen molar-refractivity contribution in [1.82, 2.24) is 14.3 Å². The van der Waals surface area contributed by atoms with Crippen LogP contribution >= 0.6 is 11.5 Å². The number of nitro benzene ring substituents is 1. The molecule has 0 aliphatic carbocycles. The number of hydrogen-bond acceptors (Lipinski definition) is 7. The average molecular weight is 410 g/mol. The van der Waals surface area contributed by atoms with Crippen LogP contribution in [0.3, 0.4) is 0 Å². The molecule has 0 bridgehead atoms. The number of non-ortho nitro benzene ring substituents is 1. The molecule has 9 nitrogen and oxygen atoms in total. The number of nitro groups is 1. The van der Waals surface area contributed by atoms with Gasteiger partial charge in [0.25, 0.3) is 5.69 Å². The zero-order chi connectivity index (χ0) is 20.2. The van der Waals surface area contributed by atoms with Gasteiger partial charge in [0, 0.05) is 61.1 Å². The van der Waals surface area contributed by atoms with Crippen LogP contribution in [0.1, 0.15) is 0 Å². The molecule has 148 valence electrons. The van der Waals surface area contributed by atoms with Gasteiger partial charge < -0.3 is 15.1 Å². The zero-order valence-corrected chi connectivity index (χ0v) is 16.2. The Labute approximate surface area is 170 Å². The largest absolute Gasteiger partial charge is 0.343 e. The van der Waals surface area contributed by atoms with E-state index in [4.69, 9.17) is 0 Å². The van der Waals surface area contributed by atoms with Gasteiger partial charge >= 0.3 is 6.03 Å². The van der Waals surface area contributed by atoms with Crippen molar-refractivity contribution in [3.63, 3.8) is 0 Å². The van der Waals surface area contributed by atoms with Crippen molar-refractivity contribution in [3.05, 3.63) is 64.7 Å². The maximum absolute atomic E-state index is 12.4. The smallest absolute Gasteiger partial charge is 0.321 e. The molecule has 0 spiro atoms. The Kier molecular flexibility index (Phi) is 5.34. The molecule has 2 amide bonds. The number of benzene rings is 2. The molecule has 1 aliphatic heterocycles. The van der Waals surface area contributed by atoms with E-state index in [0.29, 0.717) is 37.6 Å². The van der Waals surface area contributed by atoms with Gasteiger partial charge in [-0.05, 0) is 12.1 Å². The van der Waals surface area contributed by atoms with Crippen LogP contribution < -0.4 is 10.2 Å². The standard InChI is InChI=1S/C19H18N6O3S/c26-18(20-15-6-2-1-3-7-15)23-9-11-24(12-10-23)19-21-17(22-29-19)14-5-4-8-16(13-14)25(27)28/h1-8,13H,9-12H2,(H,20,26). The van der Waals surface area contributed by atoms with E-state index in [-0.39, 0.29) is 11.7 Å². The molecule has 0 radical (unpaired) electrons. The molecule has 2 aromatic carbocycles. The summed E-state index contributed by atoms with van der Waals surface area (Å²) in [7, 11) is 0. The highest BCUT2D eigenvalue weighted by atomic mass is 32.1. The first-order chi connectivity index (χ1) is 14.1. The number of piperazine rings is 1. The summed E-state index contributed by atoms with van der Waals surface area (Å²) in [6.45, 7) is 2.44.